The highest BCUT2D eigenvalue weighted by Gasteiger charge is 2.10. The molecule has 0 fully saturated rings. The van der Waals surface area contributed by atoms with Crippen LogP contribution in [-0.4, -0.2) is 4.83 Å². The van der Waals surface area contributed by atoms with Crippen molar-refractivity contribution in [3.05, 3.63) is 48.0 Å². The summed E-state index contributed by atoms with van der Waals surface area (Å²) in [7, 11) is 0. The quantitative estimate of drug-likeness (QED) is 0.707. The molecule has 0 radical (unpaired) electrons. The number of hydrogen-bond acceptors (Lipinski definition) is 0. The van der Waals surface area contributed by atoms with Gasteiger partial charge in [0.05, 0.1) is 0 Å². The van der Waals surface area contributed by atoms with Crippen LogP contribution in [-0.2, 0) is 6.42 Å². The topological polar surface area (TPSA) is 0 Å². The molecule has 16 heavy (non-hydrogen) atoms. The van der Waals surface area contributed by atoms with E-state index >= 15 is 0 Å². The van der Waals surface area contributed by atoms with E-state index in [0.717, 1.165) is 6.42 Å². The maximum atomic E-state index is 3.66. The second-order valence-corrected chi connectivity index (χ2v) is 5.94. The third-order valence-corrected chi connectivity index (χ3v) is 4.11. The zero-order valence-corrected chi connectivity index (χ0v) is 11.4. The molecule has 2 aromatic rings. The molecule has 2 atom stereocenters. The first kappa shape index (κ1) is 11.7. The Hall–Kier alpha value is -0.820. The van der Waals surface area contributed by atoms with Crippen LogP contribution in [0.15, 0.2) is 42.5 Å². The van der Waals surface area contributed by atoms with Gasteiger partial charge < -0.3 is 0 Å². The van der Waals surface area contributed by atoms with Gasteiger partial charge in [0.25, 0.3) is 0 Å². The van der Waals surface area contributed by atoms with Crippen LogP contribution in [0.25, 0.3) is 10.8 Å². The van der Waals surface area contributed by atoms with Crippen molar-refractivity contribution in [2.75, 3.05) is 0 Å². The smallest absolute Gasteiger partial charge is 0.0146 e. The van der Waals surface area contributed by atoms with E-state index in [1.807, 2.05) is 0 Å². The van der Waals surface area contributed by atoms with E-state index in [1.54, 1.807) is 0 Å². The lowest BCUT2D eigenvalue weighted by molar-refractivity contribution is 0.583. The van der Waals surface area contributed by atoms with Crippen molar-refractivity contribution in [1.82, 2.24) is 0 Å². The molecular formula is C15H17Br. The number of halogens is 1. The summed E-state index contributed by atoms with van der Waals surface area (Å²) < 4.78 is 0. The Balaban J connectivity index is 2.37. The fourth-order valence-electron chi connectivity index (χ4n) is 1.98. The minimum atomic E-state index is 0.562. The second kappa shape index (κ2) is 5.01. The predicted molar refractivity (Wildman–Crippen MR) is 75.2 cm³/mol. The number of hydrogen-bond donors (Lipinski definition) is 0. The molecule has 0 nitrogen and oxygen atoms in total. The lowest BCUT2D eigenvalue weighted by Gasteiger charge is -2.15. The Labute approximate surface area is 106 Å². The Morgan fingerprint density at radius 1 is 1.00 bits per heavy atom. The fourth-order valence-corrected chi connectivity index (χ4v) is 2.17. The minimum absolute atomic E-state index is 0.562. The molecule has 2 unspecified atom stereocenters. The van der Waals surface area contributed by atoms with Crippen molar-refractivity contribution in [2.24, 2.45) is 5.92 Å². The standard InChI is InChI=1S/C15H17Br/c1-11(12(2)16)10-14-8-5-7-13-6-3-4-9-15(13)14/h3-9,11-12H,10H2,1-2H3. The van der Waals surface area contributed by atoms with Gasteiger partial charge in [0, 0.05) is 4.83 Å². The SMILES string of the molecule is CC(Br)C(C)Cc1cccc2ccccc12. The van der Waals surface area contributed by atoms with Gasteiger partial charge in [-0.2, -0.15) is 0 Å². The van der Waals surface area contributed by atoms with Crippen molar-refractivity contribution >= 4 is 26.7 Å². The van der Waals surface area contributed by atoms with Gasteiger partial charge in [0.15, 0.2) is 0 Å². The van der Waals surface area contributed by atoms with Crippen molar-refractivity contribution in [3.8, 4) is 0 Å². The first-order valence-electron chi connectivity index (χ1n) is 5.79. The number of alkyl halides is 1. The maximum absolute atomic E-state index is 3.66. The second-order valence-electron chi connectivity index (χ2n) is 4.50. The molecule has 0 N–H and O–H groups in total. The third kappa shape index (κ3) is 2.46. The Bertz CT molecular complexity index is 468. The van der Waals surface area contributed by atoms with E-state index in [9.17, 15) is 0 Å². The number of benzene rings is 2. The zero-order chi connectivity index (χ0) is 11.5. The molecule has 0 spiro atoms. The van der Waals surface area contributed by atoms with E-state index in [-0.39, 0.29) is 0 Å². The van der Waals surface area contributed by atoms with E-state index in [4.69, 9.17) is 0 Å². The Kier molecular flexibility index (Phi) is 3.65. The molecule has 84 valence electrons. The Morgan fingerprint density at radius 2 is 1.69 bits per heavy atom. The largest absolute Gasteiger partial charge is 0.0891 e. The first-order valence-corrected chi connectivity index (χ1v) is 6.71. The molecule has 0 aromatic heterocycles. The van der Waals surface area contributed by atoms with E-state index in [0.29, 0.717) is 10.7 Å². The molecule has 0 saturated carbocycles. The maximum Gasteiger partial charge on any atom is 0.0146 e. The highest BCUT2D eigenvalue weighted by Crippen LogP contribution is 2.24. The first-order chi connectivity index (χ1) is 7.68. The van der Waals surface area contributed by atoms with Crippen LogP contribution in [0.3, 0.4) is 0 Å². The van der Waals surface area contributed by atoms with Crippen molar-refractivity contribution < 1.29 is 0 Å². The van der Waals surface area contributed by atoms with Gasteiger partial charge in [0.2, 0.25) is 0 Å². The highest BCUT2D eigenvalue weighted by atomic mass is 79.9. The molecule has 0 aliphatic heterocycles. The normalized spacial score (nSPS) is 14.9. The van der Waals surface area contributed by atoms with E-state index in [2.05, 4.69) is 72.2 Å². The third-order valence-electron chi connectivity index (χ3n) is 3.21. The van der Waals surface area contributed by atoms with Gasteiger partial charge in [-0.3, -0.25) is 0 Å². The molecule has 0 aliphatic carbocycles. The van der Waals surface area contributed by atoms with Crippen LogP contribution in [0.5, 0.6) is 0 Å². The summed E-state index contributed by atoms with van der Waals surface area (Å²) in [4.78, 5) is 0.562. The van der Waals surface area contributed by atoms with Crippen LogP contribution >= 0.6 is 15.9 Å². The molecule has 0 bridgehead atoms. The molecular weight excluding hydrogens is 260 g/mol. The van der Waals surface area contributed by atoms with Gasteiger partial charge in [-0.05, 0) is 28.7 Å². The summed E-state index contributed by atoms with van der Waals surface area (Å²) in [5.74, 6) is 0.658. The molecule has 2 rings (SSSR count). The van der Waals surface area contributed by atoms with Gasteiger partial charge in [0.1, 0.15) is 0 Å². The zero-order valence-electron chi connectivity index (χ0n) is 9.78. The summed E-state index contributed by atoms with van der Waals surface area (Å²) in [6.07, 6.45) is 1.13. The number of fused-ring (bicyclic) bond motifs is 1. The van der Waals surface area contributed by atoms with Crippen LogP contribution in [0.4, 0.5) is 0 Å². The van der Waals surface area contributed by atoms with Crippen molar-refractivity contribution in [1.29, 1.82) is 0 Å². The van der Waals surface area contributed by atoms with Crippen LogP contribution in [0.1, 0.15) is 19.4 Å². The highest BCUT2D eigenvalue weighted by molar-refractivity contribution is 9.09. The van der Waals surface area contributed by atoms with Gasteiger partial charge in [-0.1, -0.05) is 72.2 Å². The molecule has 2 aromatic carbocycles. The Morgan fingerprint density at radius 3 is 2.44 bits per heavy atom. The van der Waals surface area contributed by atoms with E-state index < -0.39 is 0 Å². The predicted octanol–water partition coefficient (Wildman–Crippen LogP) is 4.80. The van der Waals surface area contributed by atoms with E-state index in [1.165, 1.54) is 16.3 Å². The monoisotopic (exact) mass is 276 g/mol. The molecule has 0 amide bonds. The molecule has 0 saturated heterocycles. The molecule has 0 aliphatic rings. The average Bonchev–Trinajstić information content (AvgIpc) is 2.29. The average molecular weight is 277 g/mol. The lowest BCUT2D eigenvalue weighted by atomic mass is 9.94. The molecule has 1 heteroatoms. The van der Waals surface area contributed by atoms with Gasteiger partial charge >= 0.3 is 0 Å². The van der Waals surface area contributed by atoms with Crippen molar-refractivity contribution in [2.45, 2.75) is 25.1 Å². The van der Waals surface area contributed by atoms with Crippen LogP contribution in [0.2, 0.25) is 0 Å². The summed E-state index contributed by atoms with van der Waals surface area (Å²) in [5.41, 5.74) is 1.46. The molecule has 0 heterocycles. The van der Waals surface area contributed by atoms with Gasteiger partial charge in [-0.15, -0.1) is 0 Å². The lowest BCUT2D eigenvalue weighted by Crippen LogP contribution is -2.09. The van der Waals surface area contributed by atoms with Crippen molar-refractivity contribution in [3.63, 3.8) is 0 Å². The fraction of sp³-hybridized carbons (Fsp3) is 0.333. The van der Waals surface area contributed by atoms with Crippen LogP contribution < -0.4 is 0 Å². The summed E-state index contributed by atoms with van der Waals surface area (Å²) in [5, 5.41) is 2.74. The number of rotatable bonds is 3. The summed E-state index contributed by atoms with van der Waals surface area (Å²) in [6, 6.07) is 15.2. The van der Waals surface area contributed by atoms with Gasteiger partial charge in [-0.25, -0.2) is 0 Å². The van der Waals surface area contributed by atoms with Crippen LogP contribution in [0, 0.1) is 5.92 Å². The summed E-state index contributed by atoms with van der Waals surface area (Å²) in [6.45, 7) is 4.51. The minimum Gasteiger partial charge on any atom is -0.0891 e. The summed E-state index contributed by atoms with van der Waals surface area (Å²) >= 11 is 3.66.